The van der Waals surface area contributed by atoms with E-state index in [1.54, 1.807) is 61.4 Å². The van der Waals surface area contributed by atoms with Crippen molar-refractivity contribution >= 4 is 58.0 Å². The van der Waals surface area contributed by atoms with Gasteiger partial charge in [-0.25, -0.2) is 9.69 Å². The smallest absolute Gasteiger partial charge is 0.416 e. The molecule has 20 heteroatoms. The number of unbranched alkanes of at least 4 members (excludes halogenated alkanes) is 2. The minimum atomic E-state index is -1.41. The van der Waals surface area contributed by atoms with Crippen LogP contribution in [0.2, 0.25) is 0 Å². The topological polar surface area (TPSA) is 230 Å². The van der Waals surface area contributed by atoms with Gasteiger partial charge in [-0.2, -0.15) is 0 Å². The van der Waals surface area contributed by atoms with E-state index < -0.39 is 42.3 Å². The number of aliphatic hydroxyl groups is 1. The number of nitrogens with two attached hydrogens (primary N) is 1. The second-order valence-corrected chi connectivity index (χ2v) is 22.5. The van der Waals surface area contributed by atoms with Gasteiger partial charge in [0.15, 0.2) is 29.2 Å². The van der Waals surface area contributed by atoms with Gasteiger partial charge in [-0.1, -0.05) is 38.1 Å². The molecule has 0 bridgehead atoms. The van der Waals surface area contributed by atoms with Crippen LogP contribution in [-0.2, 0) is 20.9 Å². The molecule has 20 nitrogen and oxygen atoms in total. The number of ether oxygens (including phenoxy) is 5. The summed E-state index contributed by atoms with van der Waals surface area (Å²) in [5.41, 5.74) is 11.9. The van der Waals surface area contributed by atoms with Crippen LogP contribution in [-0.4, -0.2) is 154 Å². The van der Waals surface area contributed by atoms with Crippen LogP contribution in [0.25, 0.3) is 5.57 Å². The van der Waals surface area contributed by atoms with E-state index in [1.807, 2.05) is 31.0 Å². The summed E-state index contributed by atoms with van der Waals surface area (Å²) in [6.45, 7) is 10.9. The largest absolute Gasteiger partial charge is 0.493 e. The highest BCUT2D eigenvalue weighted by molar-refractivity contribution is 6.06. The quantitative estimate of drug-likeness (QED) is 0.0619. The molecule has 2 saturated heterocycles. The van der Waals surface area contributed by atoms with Crippen molar-refractivity contribution in [2.75, 3.05) is 94.2 Å². The van der Waals surface area contributed by atoms with Crippen molar-refractivity contribution in [3.63, 3.8) is 0 Å². The van der Waals surface area contributed by atoms with E-state index in [-0.39, 0.29) is 59.4 Å². The van der Waals surface area contributed by atoms with E-state index in [0.29, 0.717) is 78.7 Å². The lowest BCUT2D eigenvalue weighted by atomic mass is 10.0. The lowest BCUT2D eigenvalue weighted by Crippen LogP contribution is -2.50. The van der Waals surface area contributed by atoms with Crippen LogP contribution in [0.4, 0.5) is 27.5 Å². The summed E-state index contributed by atoms with van der Waals surface area (Å²) in [5, 5.41) is 21.0. The van der Waals surface area contributed by atoms with E-state index in [1.165, 1.54) is 12.8 Å². The molecule has 4 aromatic carbocycles. The number of hydrogen-bond acceptors (Lipinski definition) is 15. The van der Waals surface area contributed by atoms with Gasteiger partial charge in [0.2, 0.25) is 11.8 Å². The number of carbonyl (C=O) groups is 5. The van der Waals surface area contributed by atoms with Gasteiger partial charge in [0, 0.05) is 69.0 Å². The van der Waals surface area contributed by atoms with Crippen LogP contribution in [0.15, 0.2) is 79.0 Å². The molecular weight excluding hydrogens is 1020 g/mol. The summed E-state index contributed by atoms with van der Waals surface area (Å²) in [6, 6.07) is 19.8. The summed E-state index contributed by atoms with van der Waals surface area (Å²) in [5.74, 6) is 0.231. The predicted molar refractivity (Wildman–Crippen MR) is 303 cm³/mol. The first kappa shape index (κ1) is 55.8. The molecule has 5 amide bonds. The van der Waals surface area contributed by atoms with Crippen molar-refractivity contribution in [2.24, 2.45) is 17.1 Å². The Morgan fingerprint density at radius 1 is 0.812 bits per heavy atom. The molecule has 5 aliphatic heterocycles. The Balaban J connectivity index is 0.743. The molecule has 6 aliphatic rings. The van der Waals surface area contributed by atoms with Gasteiger partial charge < -0.3 is 70.1 Å². The molecular formula is C60H75N9O11. The average Bonchev–Trinajstić information content (AvgIpc) is 4.12. The minimum Gasteiger partial charge on any atom is -0.493 e. The molecule has 1 saturated carbocycles. The SMILES string of the molecule is COc1cc2c(cc1OCCCCCOc1cc3c(cc1OC)C(=O)N1CC4(CC4)C[C@H]1C(O)N3C(=O)OCc1ccc(NC(=O)[C@H](C)NC(=O)[C@@H](N)C(C)C)cc1)NC[C@@H]1CC(c3ccc(N4CCN(C)CC4)cc3)=CN1C2=O. The van der Waals surface area contributed by atoms with Crippen molar-refractivity contribution in [1.82, 2.24) is 20.0 Å². The molecule has 3 fully saturated rings. The summed E-state index contributed by atoms with van der Waals surface area (Å²) < 4.78 is 29.9. The number of aliphatic hydroxyl groups excluding tert-OH is 1. The van der Waals surface area contributed by atoms with Gasteiger partial charge in [0.05, 0.1) is 68.1 Å². The zero-order valence-corrected chi connectivity index (χ0v) is 46.6. The molecule has 0 radical (unpaired) electrons. The Hall–Kier alpha value is -7.55. The Kier molecular flexibility index (Phi) is 16.5. The Bertz CT molecular complexity index is 2990. The molecule has 6 N–H and O–H groups in total. The van der Waals surface area contributed by atoms with Crippen LogP contribution < -0.4 is 50.4 Å². The minimum absolute atomic E-state index is 0.0388. The zero-order valence-electron chi connectivity index (χ0n) is 46.6. The molecule has 1 spiro atoms. The maximum atomic E-state index is 14.4. The summed E-state index contributed by atoms with van der Waals surface area (Å²) in [6.07, 6.45) is 4.92. The molecule has 426 valence electrons. The lowest BCUT2D eigenvalue weighted by molar-refractivity contribution is -0.127. The third kappa shape index (κ3) is 11.8. The summed E-state index contributed by atoms with van der Waals surface area (Å²) >= 11 is 0. The van der Waals surface area contributed by atoms with Crippen LogP contribution in [0.3, 0.4) is 0 Å². The Labute approximate surface area is 467 Å². The highest BCUT2D eigenvalue weighted by Gasteiger charge is 2.58. The number of amides is 5. The van der Waals surface area contributed by atoms with Crippen LogP contribution >= 0.6 is 0 Å². The third-order valence-electron chi connectivity index (χ3n) is 16.6. The number of hydrogen-bond donors (Lipinski definition) is 5. The van der Waals surface area contributed by atoms with Crippen LogP contribution in [0.1, 0.15) is 97.6 Å². The monoisotopic (exact) mass is 1100 g/mol. The Morgan fingerprint density at radius 3 is 2.12 bits per heavy atom. The Morgan fingerprint density at radius 2 is 1.48 bits per heavy atom. The van der Waals surface area contributed by atoms with Crippen molar-refractivity contribution in [2.45, 2.75) is 103 Å². The molecule has 10 rings (SSSR count). The first-order valence-corrected chi connectivity index (χ1v) is 27.9. The molecule has 5 atom stereocenters. The number of likely N-dealkylation sites (N-methyl/N-ethyl adjacent to an activating group) is 1. The fourth-order valence-corrected chi connectivity index (χ4v) is 11.3. The van der Waals surface area contributed by atoms with Crippen molar-refractivity contribution in [1.29, 1.82) is 0 Å². The fourth-order valence-electron chi connectivity index (χ4n) is 11.3. The zero-order chi connectivity index (χ0) is 56.4. The normalized spacial score (nSPS) is 20.8. The number of nitrogens with zero attached hydrogens (tertiary/aromatic N) is 5. The number of piperazine rings is 1. The van der Waals surface area contributed by atoms with Gasteiger partial charge in [0.25, 0.3) is 11.8 Å². The molecule has 1 unspecified atom stereocenters. The van der Waals surface area contributed by atoms with E-state index in [0.717, 1.165) is 67.9 Å². The van der Waals surface area contributed by atoms with E-state index in [2.05, 4.69) is 57.1 Å². The lowest BCUT2D eigenvalue weighted by Gasteiger charge is -2.34. The van der Waals surface area contributed by atoms with Crippen LogP contribution in [0.5, 0.6) is 23.0 Å². The first-order valence-electron chi connectivity index (χ1n) is 27.9. The fraction of sp³-hybridized carbons (Fsp3) is 0.483. The van der Waals surface area contributed by atoms with Gasteiger partial charge in [0.1, 0.15) is 12.6 Å². The average molecular weight is 1100 g/mol. The van der Waals surface area contributed by atoms with Crippen molar-refractivity contribution < 1.29 is 52.8 Å². The van der Waals surface area contributed by atoms with Crippen molar-refractivity contribution in [3.8, 4) is 23.0 Å². The van der Waals surface area contributed by atoms with E-state index in [4.69, 9.17) is 29.4 Å². The van der Waals surface area contributed by atoms with Gasteiger partial charge >= 0.3 is 6.09 Å². The number of rotatable bonds is 19. The number of anilines is 4. The number of fused-ring (bicyclic) bond motifs is 4. The standard InChI is InChI=1S/C60H75N9O11/c1-36(2)53(61)55(71)63-37(3)54(70)64-41-14-10-38(11-15-41)34-80-59(75)69-47-30-52(50(77-6)28-45(47)57(73)68-35-60(18-19-60)31-48(68)58(69)74)79-25-9-7-8-24-78-51-29-46-44(27-49(51)76-5)56(72)67-33-40(26-43(67)32-62-46)39-12-16-42(17-13-39)66-22-20-65(4)21-23-66/h10-17,27-30,33,36-37,43,48,53,58,62,74H,7-9,18-26,31-32,34-35,61H2,1-6H3,(H,63,71)(H,64,70)/t37-,43-,48-,53-,58?/m0/s1. The number of methoxy groups -OCH3 is 2. The van der Waals surface area contributed by atoms with E-state index in [9.17, 15) is 29.1 Å². The summed E-state index contributed by atoms with van der Waals surface area (Å²) in [4.78, 5) is 77.4. The molecule has 80 heavy (non-hydrogen) atoms. The van der Waals surface area contributed by atoms with E-state index >= 15 is 0 Å². The second kappa shape index (κ2) is 23.7. The highest BCUT2D eigenvalue weighted by Crippen LogP contribution is 2.57. The first-order chi connectivity index (χ1) is 38.5. The van der Waals surface area contributed by atoms with Gasteiger partial charge in [-0.15, -0.1) is 0 Å². The molecule has 0 aromatic heterocycles. The molecule has 4 aromatic rings. The predicted octanol–water partition coefficient (Wildman–Crippen LogP) is 6.66. The van der Waals surface area contributed by atoms with Gasteiger partial charge in [-0.05, 0) is 123 Å². The number of benzene rings is 4. The third-order valence-corrected chi connectivity index (χ3v) is 16.6. The van der Waals surface area contributed by atoms with Crippen LogP contribution in [0, 0.1) is 11.3 Å². The summed E-state index contributed by atoms with van der Waals surface area (Å²) in [7, 11) is 5.21. The number of carbonyl (C=O) groups excluding carboxylic acids is 5. The van der Waals surface area contributed by atoms with Crippen molar-refractivity contribution in [3.05, 3.63) is 101 Å². The maximum absolute atomic E-state index is 14.4. The number of nitrogens with one attached hydrogen (secondary N) is 3. The maximum Gasteiger partial charge on any atom is 0.416 e. The molecule has 1 aliphatic carbocycles. The van der Waals surface area contributed by atoms with Gasteiger partial charge in [-0.3, -0.25) is 19.2 Å². The second-order valence-electron chi connectivity index (χ2n) is 22.5. The highest BCUT2D eigenvalue weighted by atomic mass is 16.6. The molecule has 5 heterocycles.